The summed E-state index contributed by atoms with van der Waals surface area (Å²) in [4.78, 5) is 30.4. The molecule has 2 amide bonds. The van der Waals surface area contributed by atoms with Crippen LogP contribution in [-0.2, 0) is 16.1 Å². The van der Waals surface area contributed by atoms with Crippen LogP contribution >= 0.6 is 0 Å². The molecule has 2 fully saturated rings. The number of carbonyl (C=O) groups excluding carboxylic acids is 2. The first-order chi connectivity index (χ1) is 16.2. The Bertz CT molecular complexity index is 886. The highest BCUT2D eigenvalue weighted by atomic mass is 16.2. The van der Waals surface area contributed by atoms with Gasteiger partial charge < -0.3 is 15.1 Å². The van der Waals surface area contributed by atoms with Gasteiger partial charge in [0.1, 0.15) is 0 Å². The van der Waals surface area contributed by atoms with Crippen molar-refractivity contribution in [3.05, 3.63) is 71.8 Å². The first-order valence-electron chi connectivity index (χ1n) is 12.5. The molecule has 1 atom stereocenters. The molecule has 2 aromatic carbocycles. The van der Waals surface area contributed by atoms with E-state index in [1.807, 2.05) is 48.5 Å². The van der Waals surface area contributed by atoms with Gasteiger partial charge in [-0.3, -0.25) is 9.59 Å². The Morgan fingerprint density at radius 1 is 0.879 bits per heavy atom. The van der Waals surface area contributed by atoms with Crippen LogP contribution in [0.2, 0.25) is 0 Å². The summed E-state index contributed by atoms with van der Waals surface area (Å²) in [6.45, 7) is 6.33. The number of hydrogen-bond donors (Lipinski definition) is 1. The maximum Gasteiger partial charge on any atom is 0.230 e. The molecular formula is C28H37N3O2. The summed E-state index contributed by atoms with van der Waals surface area (Å²) < 4.78 is 0. The van der Waals surface area contributed by atoms with Crippen LogP contribution in [0.3, 0.4) is 0 Å². The highest BCUT2D eigenvalue weighted by molar-refractivity contribution is 5.83. The Labute approximate surface area is 198 Å². The van der Waals surface area contributed by atoms with Gasteiger partial charge in [0.2, 0.25) is 11.8 Å². The quantitative estimate of drug-likeness (QED) is 0.692. The molecule has 0 saturated carbocycles. The Morgan fingerprint density at radius 2 is 1.48 bits per heavy atom. The van der Waals surface area contributed by atoms with Gasteiger partial charge in [-0.2, -0.15) is 0 Å². The molecule has 0 spiro atoms. The van der Waals surface area contributed by atoms with E-state index < -0.39 is 0 Å². The Hall–Kier alpha value is -2.66. The maximum absolute atomic E-state index is 13.2. The molecule has 176 valence electrons. The van der Waals surface area contributed by atoms with Gasteiger partial charge in [-0.25, -0.2) is 0 Å². The SMILES string of the molecule is CCC(C(=O)N1CCC(N2CCC(C(=O)NCc3ccccc3)CC2)CC1)c1ccccc1. The number of nitrogens with one attached hydrogen (secondary N) is 1. The second kappa shape index (κ2) is 11.5. The lowest BCUT2D eigenvalue weighted by Crippen LogP contribution is -2.50. The predicted molar refractivity (Wildman–Crippen MR) is 132 cm³/mol. The number of piperidine rings is 2. The molecular weight excluding hydrogens is 410 g/mol. The van der Waals surface area contributed by atoms with Crippen molar-refractivity contribution in [2.45, 2.75) is 57.5 Å². The van der Waals surface area contributed by atoms with Crippen LogP contribution in [0, 0.1) is 5.92 Å². The molecule has 1 N–H and O–H groups in total. The van der Waals surface area contributed by atoms with Crippen molar-refractivity contribution in [3.63, 3.8) is 0 Å². The van der Waals surface area contributed by atoms with Gasteiger partial charge in [0.15, 0.2) is 0 Å². The predicted octanol–water partition coefficient (Wildman–Crippen LogP) is 4.20. The molecule has 4 rings (SSSR count). The van der Waals surface area contributed by atoms with E-state index in [4.69, 9.17) is 0 Å². The summed E-state index contributed by atoms with van der Waals surface area (Å²) in [5.41, 5.74) is 2.27. The average molecular weight is 448 g/mol. The van der Waals surface area contributed by atoms with E-state index in [0.717, 1.165) is 69.4 Å². The zero-order chi connectivity index (χ0) is 23.0. The van der Waals surface area contributed by atoms with Gasteiger partial charge in [0, 0.05) is 31.6 Å². The second-order valence-corrected chi connectivity index (χ2v) is 9.44. The average Bonchev–Trinajstić information content (AvgIpc) is 2.89. The molecule has 2 aromatic rings. The number of benzene rings is 2. The van der Waals surface area contributed by atoms with E-state index in [0.29, 0.717) is 12.6 Å². The number of hydrogen-bond acceptors (Lipinski definition) is 3. The third-order valence-electron chi connectivity index (χ3n) is 7.41. The molecule has 0 aliphatic carbocycles. The summed E-state index contributed by atoms with van der Waals surface area (Å²) in [5.74, 6) is 0.539. The van der Waals surface area contributed by atoms with Gasteiger partial charge in [0.05, 0.1) is 5.92 Å². The largest absolute Gasteiger partial charge is 0.352 e. The molecule has 2 aliphatic heterocycles. The Balaban J connectivity index is 1.21. The lowest BCUT2D eigenvalue weighted by molar-refractivity contribution is -0.135. The summed E-state index contributed by atoms with van der Waals surface area (Å²) >= 11 is 0. The van der Waals surface area contributed by atoms with Gasteiger partial charge in [-0.05, 0) is 56.3 Å². The summed E-state index contributed by atoms with van der Waals surface area (Å²) in [7, 11) is 0. The smallest absolute Gasteiger partial charge is 0.230 e. The molecule has 0 aromatic heterocycles. The van der Waals surface area contributed by atoms with E-state index in [1.165, 1.54) is 0 Å². The van der Waals surface area contributed by atoms with Gasteiger partial charge >= 0.3 is 0 Å². The number of likely N-dealkylation sites (tertiary alicyclic amines) is 2. The highest BCUT2D eigenvalue weighted by Gasteiger charge is 2.33. The van der Waals surface area contributed by atoms with Crippen LogP contribution in [0.15, 0.2) is 60.7 Å². The molecule has 33 heavy (non-hydrogen) atoms. The van der Waals surface area contributed by atoms with Crippen LogP contribution in [0.5, 0.6) is 0 Å². The third-order valence-corrected chi connectivity index (χ3v) is 7.41. The lowest BCUT2D eigenvalue weighted by Gasteiger charge is -2.42. The van der Waals surface area contributed by atoms with Crippen LogP contribution in [-0.4, -0.2) is 53.8 Å². The molecule has 2 saturated heterocycles. The van der Waals surface area contributed by atoms with Crippen molar-refractivity contribution in [1.29, 1.82) is 0 Å². The first-order valence-corrected chi connectivity index (χ1v) is 12.5. The van der Waals surface area contributed by atoms with Crippen LogP contribution < -0.4 is 5.32 Å². The summed E-state index contributed by atoms with van der Waals surface area (Å²) in [5, 5.41) is 3.11. The number of carbonyl (C=O) groups is 2. The van der Waals surface area contributed by atoms with Crippen LogP contribution in [0.25, 0.3) is 0 Å². The summed E-state index contributed by atoms with van der Waals surface area (Å²) in [6, 6.07) is 20.8. The monoisotopic (exact) mass is 447 g/mol. The number of rotatable bonds is 7. The van der Waals surface area contributed by atoms with Crippen molar-refractivity contribution in [2.75, 3.05) is 26.2 Å². The van der Waals surface area contributed by atoms with Gasteiger partial charge in [0.25, 0.3) is 0 Å². The molecule has 2 aliphatic rings. The lowest BCUT2D eigenvalue weighted by atomic mass is 9.91. The topological polar surface area (TPSA) is 52.7 Å². The minimum atomic E-state index is -0.0344. The highest BCUT2D eigenvalue weighted by Crippen LogP contribution is 2.27. The summed E-state index contributed by atoms with van der Waals surface area (Å²) in [6.07, 6.45) is 4.74. The fourth-order valence-electron chi connectivity index (χ4n) is 5.37. The molecule has 2 heterocycles. The van der Waals surface area contributed by atoms with E-state index in [-0.39, 0.29) is 23.7 Å². The maximum atomic E-state index is 13.2. The van der Waals surface area contributed by atoms with Gasteiger partial charge in [-0.15, -0.1) is 0 Å². The number of amides is 2. The normalized spacial score (nSPS) is 19.2. The fraction of sp³-hybridized carbons (Fsp3) is 0.500. The van der Waals surface area contributed by atoms with Crippen molar-refractivity contribution in [2.24, 2.45) is 5.92 Å². The van der Waals surface area contributed by atoms with E-state index in [2.05, 4.69) is 34.2 Å². The molecule has 0 radical (unpaired) electrons. The van der Waals surface area contributed by atoms with Crippen molar-refractivity contribution >= 4 is 11.8 Å². The fourth-order valence-corrected chi connectivity index (χ4v) is 5.37. The number of nitrogens with zero attached hydrogens (tertiary/aromatic N) is 2. The van der Waals surface area contributed by atoms with E-state index in [1.54, 1.807) is 0 Å². The van der Waals surface area contributed by atoms with Crippen molar-refractivity contribution < 1.29 is 9.59 Å². The Kier molecular flexibility index (Phi) is 8.16. The zero-order valence-electron chi connectivity index (χ0n) is 19.8. The zero-order valence-corrected chi connectivity index (χ0v) is 19.8. The molecule has 0 bridgehead atoms. The first kappa shape index (κ1) is 23.5. The minimum absolute atomic E-state index is 0.0344. The second-order valence-electron chi connectivity index (χ2n) is 9.44. The molecule has 5 heteroatoms. The standard InChI is InChI=1S/C28H37N3O2/c1-2-26(23-11-7-4-8-12-23)28(33)31-19-15-25(16-20-31)30-17-13-24(14-18-30)27(32)29-21-22-9-5-3-6-10-22/h3-12,24-26H,2,13-21H2,1H3,(H,29,32). The minimum Gasteiger partial charge on any atom is -0.352 e. The van der Waals surface area contributed by atoms with Gasteiger partial charge in [-0.1, -0.05) is 67.6 Å². The van der Waals surface area contributed by atoms with Crippen molar-refractivity contribution in [3.8, 4) is 0 Å². The van der Waals surface area contributed by atoms with E-state index in [9.17, 15) is 9.59 Å². The molecule has 1 unspecified atom stereocenters. The Morgan fingerprint density at radius 3 is 2.09 bits per heavy atom. The van der Waals surface area contributed by atoms with E-state index >= 15 is 0 Å². The van der Waals surface area contributed by atoms with Crippen molar-refractivity contribution in [1.82, 2.24) is 15.1 Å². The van der Waals surface area contributed by atoms with Crippen LogP contribution in [0.4, 0.5) is 0 Å². The molecule has 5 nitrogen and oxygen atoms in total. The third kappa shape index (κ3) is 6.02. The van der Waals surface area contributed by atoms with Crippen LogP contribution in [0.1, 0.15) is 56.1 Å².